The fraction of sp³-hybridized carbons (Fsp3) is 0.562. The van der Waals surface area contributed by atoms with Crippen LogP contribution in [0.2, 0.25) is 0 Å². The second-order valence-electron chi connectivity index (χ2n) is 6.42. The molecule has 3 rings (SSSR count). The van der Waals surface area contributed by atoms with E-state index in [1.54, 1.807) is 0 Å². The van der Waals surface area contributed by atoms with Gasteiger partial charge in [-0.2, -0.15) is 10.1 Å². The molecule has 1 atom stereocenters. The number of nitrogens with one attached hydrogen (secondary N) is 2. The normalized spacial score (nSPS) is 17.5. The number of anilines is 3. The molecule has 0 aromatic carbocycles. The van der Waals surface area contributed by atoms with Crippen LogP contribution in [0.15, 0.2) is 12.1 Å². The maximum absolute atomic E-state index is 10.1. The fourth-order valence-corrected chi connectivity index (χ4v) is 3.03. The summed E-state index contributed by atoms with van der Waals surface area (Å²) in [5.74, 6) is 2.07. The molecule has 1 aliphatic rings. The van der Waals surface area contributed by atoms with Gasteiger partial charge in [0.05, 0.1) is 5.41 Å². The van der Waals surface area contributed by atoms with E-state index in [1.165, 1.54) is 7.11 Å². The number of hydrogen-bond acceptors (Lipinski definition) is 7. The molecule has 0 amide bonds. The topological polar surface area (TPSA) is 99.2 Å². The maximum atomic E-state index is 10.1. The highest BCUT2D eigenvalue weighted by Crippen LogP contribution is 2.39. The van der Waals surface area contributed by atoms with E-state index in [4.69, 9.17) is 4.74 Å². The minimum atomic E-state index is -0.770. The molecular weight excluding hydrogens is 308 g/mol. The second-order valence-corrected chi connectivity index (χ2v) is 6.42. The molecule has 8 heteroatoms. The van der Waals surface area contributed by atoms with E-state index in [-0.39, 0.29) is 5.41 Å². The lowest BCUT2D eigenvalue weighted by Crippen LogP contribution is -2.62. The average Bonchev–Trinajstić information content (AvgIpc) is 2.91. The Balaban J connectivity index is 1.75. The van der Waals surface area contributed by atoms with Crippen LogP contribution in [0.4, 0.5) is 17.6 Å². The van der Waals surface area contributed by atoms with Gasteiger partial charge in [-0.1, -0.05) is 6.92 Å². The molecule has 1 unspecified atom stereocenters. The van der Waals surface area contributed by atoms with Gasteiger partial charge in [0.1, 0.15) is 5.82 Å². The first-order valence-electron chi connectivity index (χ1n) is 8.06. The minimum Gasteiger partial charge on any atom is -0.367 e. The third kappa shape index (κ3) is 3.07. The molecule has 1 saturated heterocycles. The molecule has 8 nitrogen and oxygen atoms in total. The Hall–Kier alpha value is -2.19. The summed E-state index contributed by atoms with van der Waals surface area (Å²) >= 11 is 0. The first-order chi connectivity index (χ1) is 11.5. The van der Waals surface area contributed by atoms with Gasteiger partial charge in [-0.25, -0.2) is 4.98 Å². The van der Waals surface area contributed by atoms with Crippen LogP contribution in [-0.2, 0) is 4.74 Å². The summed E-state index contributed by atoms with van der Waals surface area (Å²) in [4.78, 5) is 11.1. The molecule has 0 aliphatic carbocycles. The van der Waals surface area contributed by atoms with Crippen LogP contribution in [0.5, 0.6) is 0 Å². The zero-order valence-corrected chi connectivity index (χ0v) is 14.5. The van der Waals surface area contributed by atoms with Crippen molar-refractivity contribution in [2.45, 2.75) is 33.5 Å². The lowest BCUT2D eigenvalue weighted by molar-refractivity contribution is -0.169. The molecule has 0 spiro atoms. The zero-order valence-electron chi connectivity index (χ0n) is 14.5. The van der Waals surface area contributed by atoms with Crippen LogP contribution < -0.4 is 10.2 Å². The van der Waals surface area contributed by atoms with Crippen molar-refractivity contribution in [3.63, 3.8) is 0 Å². The molecule has 0 radical (unpaired) electrons. The lowest BCUT2D eigenvalue weighted by atomic mass is 9.77. The van der Waals surface area contributed by atoms with Gasteiger partial charge < -0.3 is 20.1 Å². The smallest absolute Gasteiger partial charge is 0.227 e. The first kappa shape index (κ1) is 16.7. The second kappa shape index (κ2) is 6.37. The monoisotopic (exact) mass is 332 g/mol. The highest BCUT2D eigenvalue weighted by atomic mass is 16.6. The molecule has 0 saturated carbocycles. The van der Waals surface area contributed by atoms with Gasteiger partial charge in [0.15, 0.2) is 12.1 Å². The molecule has 24 heavy (non-hydrogen) atoms. The molecular formula is C16H24N6O2. The lowest BCUT2D eigenvalue weighted by Gasteiger charge is -2.51. The Morgan fingerprint density at radius 2 is 2.08 bits per heavy atom. The third-order valence-electron chi connectivity index (χ3n) is 4.55. The van der Waals surface area contributed by atoms with E-state index in [1.807, 2.05) is 26.0 Å². The van der Waals surface area contributed by atoms with Crippen LogP contribution in [0.1, 0.15) is 24.7 Å². The number of hydrogen-bond donors (Lipinski definition) is 3. The molecule has 3 N–H and O–H groups in total. The van der Waals surface area contributed by atoms with Crippen molar-refractivity contribution in [3.05, 3.63) is 23.5 Å². The maximum Gasteiger partial charge on any atom is 0.227 e. The van der Waals surface area contributed by atoms with Crippen molar-refractivity contribution in [1.29, 1.82) is 0 Å². The van der Waals surface area contributed by atoms with Gasteiger partial charge in [0.2, 0.25) is 5.95 Å². The van der Waals surface area contributed by atoms with Crippen molar-refractivity contribution in [1.82, 2.24) is 20.2 Å². The molecule has 1 aliphatic heterocycles. The SMILES string of the molecule is CCC1(C(O)OC)CN(c2nc(C)cc(Nc3cc(C)[nH]n3)n2)C1. The van der Waals surface area contributed by atoms with Gasteiger partial charge in [0.25, 0.3) is 0 Å². The molecule has 2 aromatic heterocycles. The fourth-order valence-electron chi connectivity index (χ4n) is 3.03. The van der Waals surface area contributed by atoms with E-state index in [0.29, 0.717) is 24.9 Å². The van der Waals surface area contributed by atoms with Crippen molar-refractivity contribution in [3.8, 4) is 0 Å². The van der Waals surface area contributed by atoms with Gasteiger partial charge in [-0.15, -0.1) is 0 Å². The number of aromatic nitrogens is 4. The molecule has 0 bridgehead atoms. The highest BCUT2D eigenvalue weighted by Gasteiger charge is 2.48. The number of ether oxygens (including phenoxy) is 1. The number of aromatic amines is 1. The van der Waals surface area contributed by atoms with Crippen LogP contribution in [0, 0.1) is 19.3 Å². The molecule has 130 valence electrons. The predicted molar refractivity (Wildman–Crippen MR) is 91.3 cm³/mol. The first-order valence-corrected chi connectivity index (χ1v) is 8.06. The minimum absolute atomic E-state index is 0.255. The number of methoxy groups -OCH3 is 1. The Morgan fingerprint density at radius 1 is 1.33 bits per heavy atom. The Morgan fingerprint density at radius 3 is 2.67 bits per heavy atom. The predicted octanol–water partition coefficient (Wildman–Crippen LogP) is 1.74. The summed E-state index contributed by atoms with van der Waals surface area (Å²) in [6.45, 7) is 7.28. The standard InChI is InChI=1S/C16H24N6O2/c1-5-16(14(23)24-4)8-22(9-16)15-17-10(2)6-12(19-15)18-13-7-11(3)20-21-13/h6-7,14,23H,5,8-9H2,1-4H3,(H2,17,18,19,20,21). The number of H-pyrrole nitrogens is 1. The number of nitrogens with zero attached hydrogens (tertiary/aromatic N) is 4. The number of aliphatic hydroxyl groups is 1. The Kier molecular flexibility index (Phi) is 4.42. The van der Waals surface area contributed by atoms with Crippen molar-refractivity contribution < 1.29 is 9.84 Å². The largest absolute Gasteiger partial charge is 0.367 e. The van der Waals surface area contributed by atoms with Crippen LogP contribution >= 0.6 is 0 Å². The van der Waals surface area contributed by atoms with E-state index >= 15 is 0 Å². The number of aryl methyl sites for hydroxylation is 2. The number of aliphatic hydroxyl groups excluding tert-OH is 1. The molecule has 1 fully saturated rings. The number of rotatable bonds is 6. The van der Waals surface area contributed by atoms with Crippen LogP contribution in [0.3, 0.4) is 0 Å². The van der Waals surface area contributed by atoms with Crippen molar-refractivity contribution >= 4 is 17.6 Å². The Labute approximate surface area is 141 Å². The van der Waals surface area contributed by atoms with E-state index in [0.717, 1.165) is 23.6 Å². The highest BCUT2D eigenvalue weighted by molar-refractivity contribution is 5.55. The summed E-state index contributed by atoms with van der Waals surface area (Å²) in [5.41, 5.74) is 1.60. The van der Waals surface area contributed by atoms with Gasteiger partial charge in [-0.3, -0.25) is 5.10 Å². The summed E-state index contributed by atoms with van der Waals surface area (Å²) in [5, 5.41) is 20.3. The zero-order chi connectivity index (χ0) is 17.3. The summed E-state index contributed by atoms with van der Waals surface area (Å²) in [6.07, 6.45) is 0.0651. The third-order valence-corrected chi connectivity index (χ3v) is 4.55. The van der Waals surface area contributed by atoms with E-state index in [2.05, 4.69) is 37.3 Å². The van der Waals surface area contributed by atoms with Crippen LogP contribution in [0.25, 0.3) is 0 Å². The van der Waals surface area contributed by atoms with Gasteiger partial charge in [0, 0.05) is 43.7 Å². The summed E-state index contributed by atoms with van der Waals surface area (Å²) in [7, 11) is 1.53. The van der Waals surface area contributed by atoms with Gasteiger partial charge in [-0.05, 0) is 20.3 Å². The van der Waals surface area contributed by atoms with Crippen molar-refractivity contribution in [2.75, 3.05) is 30.4 Å². The van der Waals surface area contributed by atoms with E-state index < -0.39 is 6.29 Å². The van der Waals surface area contributed by atoms with Crippen molar-refractivity contribution in [2.24, 2.45) is 5.41 Å². The van der Waals surface area contributed by atoms with Crippen LogP contribution in [-0.4, -0.2) is 51.8 Å². The van der Waals surface area contributed by atoms with Gasteiger partial charge >= 0.3 is 0 Å². The molecule has 3 heterocycles. The quantitative estimate of drug-likeness (QED) is 0.693. The molecule has 2 aromatic rings. The van der Waals surface area contributed by atoms with E-state index in [9.17, 15) is 5.11 Å². The summed E-state index contributed by atoms with van der Waals surface area (Å²) in [6, 6.07) is 3.79. The Bertz CT molecular complexity index is 710. The average molecular weight is 332 g/mol. The summed E-state index contributed by atoms with van der Waals surface area (Å²) < 4.78 is 5.13.